The molecular formula is C20H19ClF3N3O3. The predicted octanol–water partition coefficient (Wildman–Crippen LogP) is 3.90. The van der Waals surface area contributed by atoms with E-state index >= 15 is 0 Å². The fraction of sp³-hybridized carbons (Fsp3) is 0.300. The lowest BCUT2D eigenvalue weighted by atomic mass is 9.82. The molecule has 6 nitrogen and oxygen atoms in total. The van der Waals surface area contributed by atoms with Gasteiger partial charge in [0.1, 0.15) is 5.75 Å². The lowest BCUT2D eigenvalue weighted by molar-refractivity contribution is -0.129. The third-order valence-electron chi connectivity index (χ3n) is 4.62. The molecular weight excluding hydrogens is 423 g/mol. The van der Waals surface area contributed by atoms with Gasteiger partial charge in [0.05, 0.1) is 11.6 Å². The van der Waals surface area contributed by atoms with Gasteiger partial charge in [-0.15, -0.1) is 0 Å². The fourth-order valence-electron chi connectivity index (χ4n) is 3.15. The predicted molar refractivity (Wildman–Crippen MR) is 105 cm³/mol. The first kappa shape index (κ1) is 21.8. The Hall–Kier alpha value is -2.94. The molecule has 30 heavy (non-hydrogen) atoms. The molecule has 1 aliphatic heterocycles. The first-order chi connectivity index (χ1) is 14.2. The molecule has 0 bridgehead atoms. The summed E-state index contributed by atoms with van der Waals surface area (Å²) >= 11 is 6.10. The van der Waals surface area contributed by atoms with Crippen molar-refractivity contribution in [2.45, 2.75) is 25.5 Å². The number of ether oxygens (including phenoxy) is 2. The molecule has 1 atom stereocenters. The number of rotatable bonds is 7. The zero-order chi connectivity index (χ0) is 22.1. The number of carbonyl (C=O) groups excluding carboxylic acids is 1. The van der Waals surface area contributed by atoms with Gasteiger partial charge in [-0.2, -0.15) is 8.78 Å². The molecule has 1 amide bonds. The molecule has 1 unspecified atom stereocenters. The average Bonchev–Trinajstić information content (AvgIpc) is 2.93. The van der Waals surface area contributed by atoms with Gasteiger partial charge < -0.3 is 15.2 Å². The van der Waals surface area contributed by atoms with Crippen LogP contribution in [0.2, 0.25) is 5.02 Å². The van der Waals surface area contributed by atoms with E-state index < -0.39 is 23.9 Å². The molecule has 0 saturated heterocycles. The molecule has 2 aromatic carbocycles. The van der Waals surface area contributed by atoms with Crippen molar-refractivity contribution in [3.63, 3.8) is 0 Å². The molecule has 0 spiro atoms. The normalized spacial score (nSPS) is 18.7. The number of carbonyl (C=O) groups is 1. The summed E-state index contributed by atoms with van der Waals surface area (Å²) in [5.74, 6) is -1.49. The molecule has 0 radical (unpaired) electrons. The topological polar surface area (TPSA) is 77.2 Å². The van der Waals surface area contributed by atoms with Crippen LogP contribution < -0.4 is 15.2 Å². The second-order valence-electron chi connectivity index (χ2n) is 6.56. The van der Waals surface area contributed by atoms with Gasteiger partial charge in [0, 0.05) is 7.05 Å². The van der Waals surface area contributed by atoms with Crippen LogP contribution in [-0.4, -0.2) is 37.0 Å². The molecule has 0 fully saturated rings. The van der Waals surface area contributed by atoms with Crippen LogP contribution in [0.3, 0.4) is 0 Å². The van der Waals surface area contributed by atoms with Crippen molar-refractivity contribution in [1.82, 2.24) is 4.90 Å². The Bertz CT molecular complexity index is 1000. The molecule has 0 aliphatic carbocycles. The van der Waals surface area contributed by atoms with Gasteiger partial charge in [-0.25, -0.2) is 9.38 Å². The van der Waals surface area contributed by atoms with Crippen LogP contribution >= 0.6 is 11.6 Å². The number of amides is 1. The third-order valence-corrected chi connectivity index (χ3v) is 4.91. The van der Waals surface area contributed by atoms with E-state index in [2.05, 4.69) is 9.73 Å². The molecule has 0 aromatic heterocycles. The van der Waals surface area contributed by atoms with Crippen LogP contribution in [-0.2, 0) is 10.3 Å². The largest absolute Gasteiger partial charge is 0.491 e. The first-order valence-corrected chi connectivity index (χ1v) is 9.39. The third kappa shape index (κ3) is 3.77. The number of hydrogen-bond acceptors (Lipinski definition) is 5. The SMILES string of the molecule is CCCOc1cc(C2(c3ccc(OC(F)F)c(Cl)c3)N=C(N)N(C)C2=O)ccc1F. The van der Waals surface area contributed by atoms with Crippen molar-refractivity contribution in [3.8, 4) is 11.5 Å². The Morgan fingerprint density at radius 2 is 1.87 bits per heavy atom. The van der Waals surface area contributed by atoms with Crippen LogP contribution in [0, 0.1) is 5.82 Å². The van der Waals surface area contributed by atoms with E-state index in [1.807, 2.05) is 6.92 Å². The van der Waals surface area contributed by atoms with E-state index in [-0.39, 0.29) is 40.2 Å². The van der Waals surface area contributed by atoms with Crippen molar-refractivity contribution >= 4 is 23.5 Å². The number of guanidine groups is 1. The van der Waals surface area contributed by atoms with E-state index in [1.165, 1.54) is 37.4 Å². The summed E-state index contributed by atoms with van der Waals surface area (Å²) in [4.78, 5) is 18.7. The second-order valence-corrected chi connectivity index (χ2v) is 6.97. The minimum Gasteiger partial charge on any atom is -0.491 e. The minimum absolute atomic E-state index is 0.0476. The minimum atomic E-state index is -3.06. The Kier molecular flexibility index (Phi) is 6.12. The van der Waals surface area contributed by atoms with Gasteiger partial charge in [-0.3, -0.25) is 9.69 Å². The monoisotopic (exact) mass is 441 g/mol. The first-order valence-electron chi connectivity index (χ1n) is 9.01. The highest BCUT2D eigenvalue weighted by Gasteiger charge is 2.50. The van der Waals surface area contributed by atoms with Crippen molar-refractivity contribution in [2.24, 2.45) is 10.7 Å². The van der Waals surface area contributed by atoms with Gasteiger partial charge in [0.2, 0.25) is 0 Å². The van der Waals surface area contributed by atoms with Crippen molar-refractivity contribution in [2.75, 3.05) is 13.7 Å². The summed E-state index contributed by atoms with van der Waals surface area (Å²) in [5.41, 5.74) is 4.74. The van der Waals surface area contributed by atoms with Gasteiger partial charge in [0.15, 0.2) is 23.1 Å². The highest BCUT2D eigenvalue weighted by molar-refractivity contribution is 6.32. The standard InChI is InChI=1S/C20H19ClF3N3O3/c1-3-8-29-16-10-12(4-6-14(16)22)20(17(28)27(2)19(25)26-20)11-5-7-15(13(21)9-11)30-18(23)24/h4-7,9-10,18H,3,8H2,1-2H3,(H2,25,26). The van der Waals surface area contributed by atoms with Crippen molar-refractivity contribution in [3.05, 3.63) is 58.4 Å². The molecule has 10 heteroatoms. The molecule has 1 aliphatic rings. The Balaban J connectivity index is 2.18. The number of benzene rings is 2. The maximum Gasteiger partial charge on any atom is 0.387 e. The smallest absolute Gasteiger partial charge is 0.387 e. The Morgan fingerprint density at radius 3 is 2.43 bits per heavy atom. The summed E-state index contributed by atoms with van der Waals surface area (Å²) in [7, 11) is 1.44. The highest BCUT2D eigenvalue weighted by atomic mass is 35.5. The number of aliphatic imine (C=N–C) groups is 1. The van der Waals surface area contributed by atoms with Gasteiger partial charge >= 0.3 is 6.61 Å². The summed E-state index contributed by atoms with van der Waals surface area (Å²) < 4.78 is 49.1. The maximum absolute atomic E-state index is 14.2. The molecule has 1 heterocycles. The molecule has 2 aromatic rings. The van der Waals surface area contributed by atoms with Gasteiger partial charge in [-0.05, 0) is 41.8 Å². The van der Waals surface area contributed by atoms with Crippen molar-refractivity contribution in [1.29, 1.82) is 0 Å². The van der Waals surface area contributed by atoms with Crippen molar-refractivity contribution < 1.29 is 27.4 Å². The van der Waals surface area contributed by atoms with Gasteiger partial charge in [-0.1, -0.05) is 30.7 Å². The average molecular weight is 442 g/mol. The number of alkyl halides is 2. The zero-order valence-electron chi connectivity index (χ0n) is 16.2. The fourth-order valence-corrected chi connectivity index (χ4v) is 3.38. The van der Waals surface area contributed by atoms with E-state index in [4.69, 9.17) is 22.1 Å². The van der Waals surface area contributed by atoms with E-state index in [0.717, 1.165) is 11.0 Å². The Labute approximate surface area is 176 Å². The summed E-state index contributed by atoms with van der Waals surface area (Å²) in [6.07, 6.45) is 0.656. The van der Waals surface area contributed by atoms with Crippen LogP contribution in [0.4, 0.5) is 13.2 Å². The molecule has 160 valence electrons. The zero-order valence-corrected chi connectivity index (χ0v) is 16.9. The molecule has 3 rings (SSSR count). The maximum atomic E-state index is 14.2. The van der Waals surface area contributed by atoms with E-state index in [0.29, 0.717) is 6.42 Å². The number of nitrogens with two attached hydrogens (primary N) is 1. The number of nitrogens with zero attached hydrogens (tertiary/aromatic N) is 2. The van der Waals surface area contributed by atoms with E-state index in [9.17, 15) is 18.0 Å². The quantitative estimate of drug-likeness (QED) is 0.707. The molecule has 0 saturated carbocycles. The second kappa shape index (κ2) is 8.43. The van der Waals surface area contributed by atoms with Crippen LogP contribution in [0.1, 0.15) is 24.5 Å². The number of likely N-dealkylation sites (N-methyl/N-ethyl adjacent to an activating group) is 1. The number of hydrogen-bond donors (Lipinski definition) is 1. The summed E-state index contributed by atoms with van der Waals surface area (Å²) in [5, 5.41) is -0.145. The van der Waals surface area contributed by atoms with E-state index in [1.54, 1.807) is 0 Å². The summed E-state index contributed by atoms with van der Waals surface area (Å²) in [6, 6.07) is 7.81. The van der Waals surface area contributed by atoms with Crippen LogP contribution in [0.25, 0.3) is 0 Å². The Morgan fingerprint density at radius 1 is 1.20 bits per heavy atom. The molecule has 2 N–H and O–H groups in total. The van der Waals surface area contributed by atoms with Crippen LogP contribution in [0.5, 0.6) is 11.5 Å². The summed E-state index contributed by atoms with van der Waals surface area (Å²) in [6.45, 7) is -0.919. The highest BCUT2D eigenvalue weighted by Crippen LogP contribution is 2.43. The van der Waals surface area contributed by atoms with Crippen LogP contribution in [0.15, 0.2) is 41.4 Å². The number of halogens is 4. The lowest BCUT2D eigenvalue weighted by Crippen LogP contribution is -2.41. The lowest BCUT2D eigenvalue weighted by Gasteiger charge is -2.27. The van der Waals surface area contributed by atoms with Gasteiger partial charge in [0.25, 0.3) is 5.91 Å².